The van der Waals surface area contributed by atoms with Gasteiger partial charge in [-0.1, -0.05) is 29.8 Å². The van der Waals surface area contributed by atoms with Gasteiger partial charge in [-0.25, -0.2) is 5.48 Å². The molecule has 2 rings (SSSR count). The molecule has 0 bridgehead atoms. The van der Waals surface area contributed by atoms with Gasteiger partial charge in [0.25, 0.3) is 5.91 Å². The van der Waals surface area contributed by atoms with Crippen LogP contribution in [0.25, 0.3) is 11.4 Å². The predicted octanol–water partition coefficient (Wildman–Crippen LogP) is 1.59. The summed E-state index contributed by atoms with van der Waals surface area (Å²) in [5, 5.41) is 6.85. The molecule has 100 valence electrons. The van der Waals surface area contributed by atoms with E-state index in [9.17, 15) is 4.79 Å². The second-order valence-corrected chi connectivity index (χ2v) is 4.42. The van der Waals surface area contributed by atoms with Crippen LogP contribution in [0.2, 0.25) is 0 Å². The zero-order valence-electron chi connectivity index (χ0n) is 10.6. The van der Waals surface area contributed by atoms with Gasteiger partial charge in [-0.3, -0.25) is 19.3 Å². The van der Waals surface area contributed by atoms with Crippen LogP contribution in [0.1, 0.15) is 5.56 Å². The van der Waals surface area contributed by atoms with Crippen molar-refractivity contribution in [3.63, 3.8) is 0 Å². The molecule has 0 radical (unpaired) electrons. The summed E-state index contributed by atoms with van der Waals surface area (Å²) in [5.41, 5.74) is 4.30. The van der Waals surface area contributed by atoms with Crippen molar-refractivity contribution in [2.24, 2.45) is 0 Å². The number of benzene rings is 1. The number of hydrogen-bond donors (Lipinski definition) is 2. The summed E-state index contributed by atoms with van der Waals surface area (Å²) in [6.07, 6.45) is 0. The first-order chi connectivity index (χ1) is 9.11. The predicted molar refractivity (Wildman–Crippen MR) is 72.7 cm³/mol. The number of nitrogens with one attached hydrogen (secondary N) is 2. The Bertz CT molecular complexity index is 630. The number of hydroxylamine groups is 1. The van der Waals surface area contributed by atoms with Gasteiger partial charge in [0.15, 0.2) is 10.6 Å². The molecule has 0 unspecified atom stereocenters. The Balaban J connectivity index is 2.34. The lowest BCUT2D eigenvalue weighted by atomic mass is 10.1. The fraction of sp³-hybridized carbons (Fsp3) is 0.250. The molecule has 2 N–H and O–H groups in total. The van der Waals surface area contributed by atoms with Crippen molar-refractivity contribution in [1.29, 1.82) is 0 Å². The quantitative estimate of drug-likeness (QED) is 0.658. The first-order valence-electron chi connectivity index (χ1n) is 5.66. The molecule has 0 aliphatic carbocycles. The van der Waals surface area contributed by atoms with Crippen molar-refractivity contribution < 1.29 is 9.63 Å². The van der Waals surface area contributed by atoms with Gasteiger partial charge < -0.3 is 0 Å². The number of carbonyl (C=O) groups excluding carboxylic acids is 1. The smallest absolute Gasteiger partial charge is 0.263 e. The van der Waals surface area contributed by atoms with Crippen LogP contribution in [0.3, 0.4) is 0 Å². The molecular formula is C12H14N4O2S. The minimum atomic E-state index is -0.298. The van der Waals surface area contributed by atoms with E-state index in [0.29, 0.717) is 10.6 Å². The van der Waals surface area contributed by atoms with Crippen molar-refractivity contribution in [2.45, 2.75) is 13.5 Å². The molecule has 0 saturated carbocycles. The number of aromatic amines is 1. The van der Waals surface area contributed by atoms with E-state index in [0.717, 1.165) is 11.1 Å². The first kappa shape index (κ1) is 13.4. The molecule has 0 atom stereocenters. The van der Waals surface area contributed by atoms with Crippen molar-refractivity contribution in [2.75, 3.05) is 7.11 Å². The molecule has 19 heavy (non-hydrogen) atoms. The summed E-state index contributed by atoms with van der Waals surface area (Å²) in [6, 6.07) is 7.83. The Morgan fingerprint density at radius 2 is 2.16 bits per heavy atom. The van der Waals surface area contributed by atoms with Crippen LogP contribution in [-0.2, 0) is 16.2 Å². The number of aromatic nitrogens is 3. The van der Waals surface area contributed by atoms with E-state index in [4.69, 9.17) is 12.2 Å². The van der Waals surface area contributed by atoms with Crippen LogP contribution in [0.4, 0.5) is 0 Å². The molecule has 0 aliphatic heterocycles. The third-order valence-corrected chi connectivity index (χ3v) is 2.90. The summed E-state index contributed by atoms with van der Waals surface area (Å²) < 4.78 is 2.01. The molecule has 1 aromatic heterocycles. The van der Waals surface area contributed by atoms with E-state index in [-0.39, 0.29) is 12.5 Å². The number of carbonyl (C=O) groups is 1. The minimum Gasteiger partial charge on any atom is -0.291 e. The van der Waals surface area contributed by atoms with Crippen LogP contribution >= 0.6 is 12.2 Å². The summed E-state index contributed by atoms with van der Waals surface area (Å²) in [4.78, 5) is 16.1. The molecule has 0 saturated heterocycles. The third-order valence-electron chi connectivity index (χ3n) is 2.59. The Kier molecular flexibility index (Phi) is 4.08. The molecule has 0 aliphatic rings. The van der Waals surface area contributed by atoms with Gasteiger partial charge in [0.2, 0.25) is 0 Å². The summed E-state index contributed by atoms with van der Waals surface area (Å²) >= 11 is 5.13. The maximum Gasteiger partial charge on any atom is 0.263 e. The molecule has 1 aromatic carbocycles. The largest absolute Gasteiger partial charge is 0.291 e. The average Bonchev–Trinajstić information content (AvgIpc) is 2.73. The number of aryl methyl sites for hydroxylation is 1. The standard InChI is InChI=1S/C12H14N4O2S/c1-8-3-5-9(6-4-8)11-13-14-12(19)16(11)7-10(17)15-18-2/h3-6H,7H2,1-2H3,(H,14,19)(H,15,17). The van der Waals surface area contributed by atoms with E-state index < -0.39 is 0 Å². The number of hydrogen-bond acceptors (Lipinski definition) is 4. The van der Waals surface area contributed by atoms with Gasteiger partial charge in [0.05, 0.1) is 7.11 Å². The van der Waals surface area contributed by atoms with Crippen molar-refractivity contribution in [1.82, 2.24) is 20.2 Å². The molecule has 7 heteroatoms. The number of nitrogens with zero attached hydrogens (tertiary/aromatic N) is 2. The topological polar surface area (TPSA) is 71.9 Å². The van der Waals surface area contributed by atoms with Crippen LogP contribution in [0.15, 0.2) is 24.3 Å². The maximum absolute atomic E-state index is 11.6. The summed E-state index contributed by atoms with van der Waals surface area (Å²) in [5.74, 6) is 0.324. The summed E-state index contributed by atoms with van der Waals surface area (Å²) in [7, 11) is 1.38. The monoisotopic (exact) mass is 278 g/mol. The molecule has 0 fully saturated rings. The highest BCUT2D eigenvalue weighted by Crippen LogP contribution is 2.17. The van der Waals surface area contributed by atoms with Crippen molar-refractivity contribution in [3.8, 4) is 11.4 Å². The lowest BCUT2D eigenvalue weighted by Gasteiger charge is -2.06. The van der Waals surface area contributed by atoms with Gasteiger partial charge in [-0.05, 0) is 19.1 Å². The zero-order chi connectivity index (χ0) is 13.8. The molecule has 6 nitrogen and oxygen atoms in total. The van der Waals surface area contributed by atoms with E-state index in [2.05, 4.69) is 20.5 Å². The lowest BCUT2D eigenvalue weighted by Crippen LogP contribution is -2.26. The van der Waals surface area contributed by atoms with Crippen LogP contribution < -0.4 is 5.48 Å². The Hall–Kier alpha value is -1.99. The maximum atomic E-state index is 11.6. The number of H-pyrrole nitrogens is 1. The lowest BCUT2D eigenvalue weighted by molar-refractivity contribution is -0.131. The fourth-order valence-corrected chi connectivity index (χ4v) is 1.87. The Morgan fingerprint density at radius 3 is 2.79 bits per heavy atom. The second-order valence-electron chi connectivity index (χ2n) is 4.03. The van der Waals surface area contributed by atoms with Crippen LogP contribution in [-0.4, -0.2) is 27.8 Å². The van der Waals surface area contributed by atoms with Crippen molar-refractivity contribution in [3.05, 3.63) is 34.6 Å². The highest BCUT2D eigenvalue weighted by atomic mass is 32.1. The van der Waals surface area contributed by atoms with E-state index in [1.54, 1.807) is 4.57 Å². The van der Waals surface area contributed by atoms with Crippen LogP contribution in [0, 0.1) is 11.7 Å². The van der Waals surface area contributed by atoms with Gasteiger partial charge in [0.1, 0.15) is 6.54 Å². The van der Waals surface area contributed by atoms with Gasteiger partial charge in [-0.2, -0.15) is 5.10 Å². The normalized spacial score (nSPS) is 10.4. The molecule has 1 heterocycles. The highest BCUT2D eigenvalue weighted by Gasteiger charge is 2.11. The van der Waals surface area contributed by atoms with E-state index >= 15 is 0 Å². The van der Waals surface area contributed by atoms with Gasteiger partial charge in [-0.15, -0.1) is 0 Å². The van der Waals surface area contributed by atoms with E-state index in [1.165, 1.54) is 7.11 Å². The number of amides is 1. The Labute approximate surface area is 115 Å². The molecular weight excluding hydrogens is 264 g/mol. The minimum absolute atomic E-state index is 0.0480. The summed E-state index contributed by atoms with van der Waals surface area (Å²) in [6.45, 7) is 2.05. The van der Waals surface area contributed by atoms with Gasteiger partial charge >= 0.3 is 0 Å². The van der Waals surface area contributed by atoms with E-state index in [1.807, 2.05) is 31.2 Å². The first-order valence-corrected chi connectivity index (χ1v) is 6.06. The third kappa shape index (κ3) is 3.07. The molecule has 1 amide bonds. The molecule has 0 spiro atoms. The van der Waals surface area contributed by atoms with Crippen molar-refractivity contribution >= 4 is 18.1 Å². The average molecular weight is 278 g/mol. The zero-order valence-corrected chi connectivity index (χ0v) is 11.5. The fourth-order valence-electron chi connectivity index (χ4n) is 1.68. The highest BCUT2D eigenvalue weighted by molar-refractivity contribution is 7.71. The number of rotatable bonds is 4. The van der Waals surface area contributed by atoms with Gasteiger partial charge in [0, 0.05) is 5.56 Å². The SMILES string of the molecule is CONC(=O)Cn1c(-c2ccc(C)cc2)n[nH]c1=S. The second kappa shape index (κ2) is 5.77. The Morgan fingerprint density at radius 1 is 1.47 bits per heavy atom. The van der Waals surface area contributed by atoms with Crippen LogP contribution in [0.5, 0.6) is 0 Å². The molecule has 2 aromatic rings.